The van der Waals surface area contributed by atoms with Gasteiger partial charge in [-0.15, -0.1) is 0 Å². The van der Waals surface area contributed by atoms with Gasteiger partial charge in [0, 0.05) is 22.3 Å². The molecule has 148 valence electrons. The predicted molar refractivity (Wildman–Crippen MR) is 112 cm³/mol. The Morgan fingerprint density at radius 3 is 2.46 bits per heavy atom. The van der Waals surface area contributed by atoms with E-state index >= 15 is 0 Å². The Bertz CT molecular complexity index is 847. The second-order valence-electron chi connectivity index (χ2n) is 7.15. The number of ether oxygens (including phenoxy) is 1. The minimum absolute atomic E-state index is 0.0599. The van der Waals surface area contributed by atoms with Crippen LogP contribution in [-0.2, 0) is 9.59 Å². The number of rotatable bonds is 6. The maximum atomic E-state index is 12.4. The molecular formula is C22H25ClN2O3. The van der Waals surface area contributed by atoms with Gasteiger partial charge in [-0.1, -0.05) is 36.9 Å². The summed E-state index contributed by atoms with van der Waals surface area (Å²) in [6.45, 7) is 1.76. The number of hydrogen-bond donors (Lipinski definition) is 2. The standard InChI is InChI=1S/C22H25ClN2O3/c1-15-12-17(23)10-11-20(15)28-14-21(26)24-18-8-5-9-19(13-18)25-22(27)16-6-3-2-4-7-16/h5,8-13,16H,2-4,6-7,14H2,1H3,(H,24,26)(H,25,27). The molecule has 0 atom stereocenters. The summed E-state index contributed by atoms with van der Waals surface area (Å²) in [5.41, 5.74) is 2.17. The molecule has 3 rings (SSSR count). The maximum absolute atomic E-state index is 12.4. The van der Waals surface area contributed by atoms with E-state index in [0.29, 0.717) is 22.1 Å². The minimum Gasteiger partial charge on any atom is -0.483 e. The summed E-state index contributed by atoms with van der Waals surface area (Å²) < 4.78 is 5.56. The van der Waals surface area contributed by atoms with E-state index in [1.54, 1.807) is 36.4 Å². The number of carbonyl (C=O) groups excluding carboxylic acids is 2. The molecule has 2 amide bonds. The fourth-order valence-corrected chi connectivity index (χ4v) is 3.63. The smallest absolute Gasteiger partial charge is 0.262 e. The fraction of sp³-hybridized carbons (Fsp3) is 0.364. The number of hydrogen-bond acceptors (Lipinski definition) is 3. The third kappa shape index (κ3) is 5.73. The van der Waals surface area contributed by atoms with Gasteiger partial charge in [0.2, 0.25) is 5.91 Å². The van der Waals surface area contributed by atoms with Gasteiger partial charge in [-0.3, -0.25) is 9.59 Å². The molecule has 1 aliphatic rings. The van der Waals surface area contributed by atoms with E-state index in [1.807, 2.05) is 13.0 Å². The molecule has 1 saturated carbocycles. The van der Waals surface area contributed by atoms with Crippen LogP contribution in [0.2, 0.25) is 5.02 Å². The zero-order valence-corrected chi connectivity index (χ0v) is 16.7. The van der Waals surface area contributed by atoms with Gasteiger partial charge < -0.3 is 15.4 Å². The summed E-state index contributed by atoms with van der Waals surface area (Å²) in [5, 5.41) is 6.38. The largest absolute Gasteiger partial charge is 0.483 e. The Morgan fingerprint density at radius 1 is 1.04 bits per heavy atom. The van der Waals surface area contributed by atoms with Crippen molar-refractivity contribution in [3.63, 3.8) is 0 Å². The lowest BCUT2D eigenvalue weighted by Crippen LogP contribution is -2.25. The number of nitrogens with one attached hydrogen (secondary N) is 2. The summed E-state index contributed by atoms with van der Waals surface area (Å²) in [6.07, 6.45) is 5.33. The number of halogens is 1. The highest BCUT2D eigenvalue weighted by atomic mass is 35.5. The molecule has 0 unspecified atom stereocenters. The Labute approximate surface area is 170 Å². The van der Waals surface area contributed by atoms with Crippen molar-refractivity contribution in [1.82, 2.24) is 0 Å². The Balaban J connectivity index is 1.53. The zero-order valence-electron chi connectivity index (χ0n) is 16.0. The summed E-state index contributed by atoms with van der Waals surface area (Å²) in [6, 6.07) is 12.4. The van der Waals surface area contributed by atoms with Crippen LogP contribution < -0.4 is 15.4 Å². The molecule has 1 aliphatic carbocycles. The molecular weight excluding hydrogens is 376 g/mol. The SMILES string of the molecule is Cc1cc(Cl)ccc1OCC(=O)Nc1cccc(NC(=O)C2CCCCC2)c1. The summed E-state index contributed by atoms with van der Waals surface area (Å²) in [7, 11) is 0. The highest BCUT2D eigenvalue weighted by Gasteiger charge is 2.21. The average Bonchev–Trinajstić information content (AvgIpc) is 2.68. The number of benzene rings is 2. The molecule has 2 aromatic rings. The van der Waals surface area contributed by atoms with Gasteiger partial charge in [0.25, 0.3) is 5.91 Å². The molecule has 28 heavy (non-hydrogen) atoms. The Morgan fingerprint density at radius 2 is 1.75 bits per heavy atom. The molecule has 0 saturated heterocycles. The van der Waals surface area contributed by atoms with Gasteiger partial charge in [0.05, 0.1) is 0 Å². The number of amides is 2. The van der Waals surface area contributed by atoms with Crippen LogP contribution >= 0.6 is 11.6 Å². The van der Waals surface area contributed by atoms with Crippen LogP contribution in [0.4, 0.5) is 11.4 Å². The fourth-order valence-electron chi connectivity index (χ4n) is 3.40. The monoisotopic (exact) mass is 400 g/mol. The van der Waals surface area contributed by atoms with Crippen LogP contribution in [0.1, 0.15) is 37.7 Å². The first-order chi connectivity index (χ1) is 13.5. The van der Waals surface area contributed by atoms with Crippen molar-refractivity contribution < 1.29 is 14.3 Å². The summed E-state index contributed by atoms with van der Waals surface area (Å²) in [5.74, 6) is 0.492. The van der Waals surface area contributed by atoms with Crippen molar-refractivity contribution in [2.24, 2.45) is 5.92 Å². The Hall–Kier alpha value is -2.53. The van der Waals surface area contributed by atoms with E-state index in [4.69, 9.17) is 16.3 Å². The van der Waals surface area contributed by atoms with Gasteiger partial charge in [-0.25, -0.2) is 0 Å². The van der Waals surface area contributed by atoms with Gasteiger partial charge in [0.15, 0.2) is 6.61 Å². The van der Waals surface area contributed by atoms with Crippen molar-refractivity contribution >= 4 is 34.8 Å². The molecule has 5 nitrogen and oxygen atoms in total. The molecule has 0 spiro atoms. The molecule has 2 aromatic carbocycles. The normalized spacial score (nSPS) is 14.4. The quantitative estimate of drug-likeness (QED) is 0.701. The Kier molecular flexibility index (Phi) is 6.93. The van der Waals surface area contributed by atoms with Crippen LogP contribution in [0.5, 0.6) is 5.75 Å². The predicted octanol–water partition coefficient (Wildman–Crippen LogP) is 5.18. The topological polar surface area (TPSA) is 67.4 Å². The first-order valence-electron chi connectivity index (χ1n) is 9.61. The summed E-state index contributed by atoms with van der Waals surface area (Å²) in [4.78, 5) is 24.6. The molecule has 0 aromatic heterocycles. The lowest BCUT2D eigenvalue weighted by molar-refractivity contribution is -0.120. The molecule has 0 heterocycles. The maximum Gasteiger partial charge on any atom is 0.262 e. The highest BCUT2D eigenvalue weighted by molar-refractivity contribution is 6.30. The van der Waals surface area contributed by atoms with Crippen LogP contribution in [0.3, 0.4) is 0 Å². The van der Waals surface area contributed by atoms with Crippen LogP contribution in [-0.4, -0.2) is 18.4 Å². The third-order valence-electron chi connectivity index (χ3n) is 4.89. The van der Waals surface area contributed by atoms with Crippen molar-refractivity contribution in [3.8, 4) is 5.75 Å². The number of aryl methyl sites for hydroxylation is 1. The van der Waals surface area contributed by atoms with Gasteiger partial charge in [-0.2, -0.15) is 0 Å². The molecule has 0 radical (unpaired) electrons. The minimum atomic E-state index is -0.273. The molecule has 6 heteroatoms. The van der Waals surface area contributed by atoms with Crippen molar-refractivity contribution in [2.45, 2.75) is 39.0 Å². The van der Waals surface area contributed by atoms with Gasteiger partial charge in [-0.05, 0) is 61.7 Å². The highest BCUT2D eigenvalue weighted by Crippen LogP contribution is 2.26. The molecule has 0 aliphatic heterocycles. The van der Waals surface area contributed by atoms with Crippen molar-refractivity contribution in [2.75, 3.05) is 17.2 Å². The van der Waals surface area contributed by atoms with E-state index < -0.39 is 0 Å². The lowest BCUT2D eigenvalue weighted by Gasteiger charge is -2.20. The van der Waals surface area contributed by atoms with Gasteiger partial charge >= 0.3 is 0 Å². The second-order valence-corrected chi connectivity index (χ2v) is 7.59. The van der Waals surface area contributed by atoms with Crippen LogP contribution in [0.15, 0.2) is 42.5 Å². The number of anilines is 2. The number of carbonyl (C=O) groups is 2. The van der Waals surface area contributed by atoms with E-state index in [2.05, 4.69) is 10.6 Å². The lowest BCUT2D eigenvalue weighted by atomic mass is 9.88. The first kappa shape index (κ1) is 20.2. The average molecular weight is 401 g/mol. The molecule has 1 fully saturated rings. The van der Waals surface area contributed by atoms with Crippen LogP contribution in [0, 0.1) is 12.8 Å². The van der Waals surface area contributed by atoms with Crippen molar-refractivity contribution in [3.05, 3.63) is 53.1 Å². The molecule has 2 N–H and O–H groups in total. The van der Waals surface area contributed by atoms with E-state index in [1.165, 1.54) is 6.42 Å². The van der Waals surface area contributed by atoms with Crippen molar-refractivity contribution in [1.29, 1.82) is 0 Å². The second kappa shape index (κ2) is 9.60. The zero-order chi connectivity index (χ0) is 19.9. The van der Waals surface area contributed by atoms with Crippen LogP contribution in [0.25, 0.3) is 0 Å². The van der Waals surface area contributed by atoms with E-state index in [0.717, 1.165) is 31.2 Å². The molecule has 0 bridgehead atoms. The van der Waals surface area contributed by atoms with Gasteiger partial charge in [0.1, 0.15) is 5.75 Å². The first-order valence-corrected chi connectivity index (χ1v) is 9.99. The summed E-state index contributed by atoms with van der Waals surface area (Å²) >= 11 is 5.92. The third-order valence-corrected chi connectivity index (χ3v) is 5.12. The van der Waals surface area contributed by atoms with E-state index in [-0.39, 0.29) is 24.3 Å². The van der Waals surface area contributed by atoms with E-state index in [9.17, 15) is 9.59 Å².